The molecule has 0 radical (unpaired) electrons. The molecular weight excluding hydrogens is 370 g/mol. The predicted octanol–water partition coefficient (Wildman–Crippen LogP) is 2.41. The number of amides is 1. The number of ether oxygens (including phenoxy) is 1. The Balaban J connectivity index is 2.35. The summed E-state index contributed by atoms with van der Waals surface area (Å²) < 4.78 is 7.09. The summed E-state index contributed by atoms with van der Waals surface area (Å²) >= 11 is 0. The molecule has 0 aliphatic carbocycles. The molecule has 1 heterocycles. The van der Waals surface area contributed by atoms with Crippen molar-refractivity contribution in [3.63, 3.8) is 0 Å². The summed E-state index contributed by atoms with van der Waals surface area (Å²) in [7, 11) is 1.70. The van der Waals surface area contributed by atoms with Gasteiger partial charge in [0, 0.05) is 38.4 Å². The van der Waals surface area contributed by atoms with Crippen LogP contribution in [0.4, 0.5) is 4.79 Å². The molecule has 1 amide bonds. The number of pyridine rings is 1. The third-order valence-electron chi connectivity index (χ3n) is 4.13. The quantitative estimate of drug-likeness (QED) is 0.349. The standard InChI is InChI=1S/C21H37N5O3/c1-16-11-10-12-17(27)26(16)14-9-8-13-23-18(22-7)24-15-21(5,6)25-19(28)29-20(2,3)4/h10-12H,8-9,13-15H2,1-7H3,(H,25,28)(H2,22,23,24). The van der Waals surface area contributed by atoms with E-state index in [0.717, 1.165) is 25.1 Å². The van der Waals surface area contributed by atoms with Crippen LogP contribution in [-0.2, 0) is 11.3 Å². The number of hydrogen-bond donors (Lipinski definition) is 3. The summed E-state index contributed by atoms with van der Waals surface area (Å²) in [6.07, 6.45) is 1.35. The monoisotopic (exact) mass is 407 g/mol. The maximum atomic E-state index is 12.0. The molecule has 3 N–H and O–H groups in total. The van der Waals surface area contributed by atoms with Gasteiger partial charge in [-0.05, 0) is 60.5 Å². The van der Waals surface area contributed by atoms with Gasteiger partial charge in [-0.1, -0.05) is 6.07 Å². The first-order valence-electron chi connectivity index (χ1n) is 10.1. The third-order valence-corrected chi connectivity index (χ3v) is 4.13. The largest absolute Gasteiger partial charge is 0.444 e. The van der Waals surface area contributed by atoms with Crippen molar-refractivity contribution < 1.29 is 9.53 Å². The lowest BCUT2D eigenvalue weighted by Gasteiger charge is -2.29. The van der Waals surface area contributed by atoms with Gasteiger partial charge < -0.3 is 25.3 Å². The van der Waals surface area contributed by atoms with Crippen molar-refractivity contribution in [2.75, 3.05) is 20.1 Å². The van der Waals surface area contributed by atoms with Gasteiger partial charge in [0.25, 0.3) is 5.56 Å². The van der Waals surface area contributed by atoms with E-state index in [1.807, 2.05) is 47.6 Å². The molecule has 8 nitrogen and oxygen atoms in total. The van der Waals surface area contributed by atoms with E-state index in [4.69, 9.17) is 4.74 Å². The molecule has 1 aromatic rings. The smallest absolute Gasteiger partial charge is 0.408 e. The number of rotatable bonds is 8. The first kappa shape index (κ1) is 24.5. The van der Waals surface area contributed by atoms with Crippen LogP contribution in [0.3, 0.4) is 0 Å². The maximum Gasteiger partial charge on any atom is 0.408 e. The number of carbonyl (C=O) groups is 1. The first-order valence-corrected chi connectivity index (χ1v) is 10.1. The highest BCUT2D eigenvalue weighted by Gasteiger charge is 2.24. The minimum Gasteiger partial charge on any atom is -0.444 e. The van der Waals surface area contributed by atoms with Gasteiger partial charge in [0.05, 0.1) is 5.54 Å². The number of aromatic nitrogens is 1. The lowest BCUT2D eigenvalue weighted by atomic mass is 10.1. The van der Waals surface area contributed by atoms with Gasteiger partial charge in [-0.25, -0.2) is 4.79 Å². The molecule has 0 bridgehead atoms. The lowest BCUT2D eigenvalue weighted by Crippen LogP contribution is -2.54. The fourth-order valence-corrected chi connectivity index (χ4v) is 2.66. The highest BCUT2D eigenvalue weighted by Crippen LogP contribution is 2.09. The van der Waals surface area contributed by atoms with Crippen LogP contribution in [0.5, 0.6) is 0 Å². The van der Waals surface area contributed by atoms with E-state index in [-0.39, 0.29) is 5.56 Å². The van der Waals surface area contributed by atoms with Crippen molar-refractivity contribution in [3.05, 3.63) is 34.2 Å². The van der Waals surface area contributed by atoms with Crippen LogP contribution in [-0.4, -0.2) is 47.9 Å². The van der Waals surface area contributed by atoms with Gasteiger partial charge in [-0.2, -0.15) is 0 Å². The fraction of sp³-hybridized carbons (Fsp3) is 0.667. The molecule has 0 fully saturated rings. The summed E-state index contributed by atoms with van der Waals surface area (Å²) in [4.78, 5) is 28.0. The van der Waals surface area contributed by atoms with Crippen LogP contribution < -0.4 is 21.5 Å². The average molecular weight is 408 g/mol. The first-order chi connectivity index (χ1) is 13.4. The molecule has 1 rings (SSSR count). The van der Waals surface area contributed by atoms with Crippen molar-refractivity contribution in [2.45, 2.75) is 72.1 Å². The molecule has 0 atom stereocenters. The lowest BCUT2D eigenvalue weighted by molar-refractivity contribution is 0.0474. The molecule has 164 valence electrons. The number of aryl methyl sites for hydroxylation is 1. The van der Waals surface area contributed by atoms with Crippen molar-refractivity contribution in [1.29, 1.82) is 0 Å². The minimum absolute atomic E-state index is 0.0372. The minimum atomic E-state index is -0.533. The van der Waals surface area contributed by atoms with Gasteiger partial charge >= 0.3 is 6.09 Å². The Kier molecular flexibility index (Phi) is 9.20. The van der Waals surface area contributed by atoms with Gasteiger partial charge in [0.1, 0.15) is 5.60 Å². The number of alkyl carbamates (subject to hydrolysis) is 1. The molecule has 0 aromatic carbocycles. The normalized spacial score (nSPS) is 12.4. The summed E-state index contributed by atoms with van der Waals surface area (Å²) in [6.45, 7) is 13.2. The van der Waals surface area contributed by atoms with Crippen LogP contribution in [0.2, 0.25) is 0 Å². The Bertz CT molecular complexity index is 747. The number of nitrogens with one attached hydrogen (secondary N) is 3. The number of aliphatic imine (C=N–C) groups is 1. The number of carbonyl (C=O) groups excluding carboxylic acids is 1. The van der Waals surface area contributed by atoms with E-state index in [1.54, 1.807) is 23.7 Å². The Morgan fingerprint density at radius 1 is 1.14 bits per heavy atom. The SMILES string of the molecule is CN=C(NCCCCn1c(C)cccc1=O)NCC(C)(C)NC(=O)OC(C)(C)C. The summed E-state index contributed by atoms with van der Waals surface area (Å²) in [6, 6.07) is 5.31. The van der Waals surface area contributed by atoms with E-state index in [2.05, 4.69) is 20.9 Å². The number of unbranched alkanes of at least 4 members (excludes halogenated alkanes) is 1. The Morgan fingerprint density at radius 2 is 1.83 bits per heavy atom. The number of nitrogens with zero attached hydrogens (tertiary/aromatic N) is 2. The zero-order chi connectivity index (χ0) is 22.1. The average Bonchev–Trinajstić information content (AvgIpc) is 2.57. The Labute approximate surface area is 174 Å². The van der Waals surface area contributed by atoms with E-state index in [1.165, 1.54) is 0 Å². The van der Waals surface area contributed by atoms with Gasteiger partial charge in [0.15, 0.2) is 5.96 Å². The molecule has 0 aliphatic heterocycles. The summed E-state index contributed by atoms with van der Waals surface area (Å²) in [5.74, 6) is 0.664. The Hall–Kier alpha value is -2.51. The van der Waals surface area contributed by atoms with Crippen molar-refractivity contribution in [2.24, 2.45) is 4.99 Å². The highest BCUT2D eigenvalue weighted by molar-refractivity contribution is 5.79. The van der Waals surface area contributed by atoms with Crippen molar-refractivity contribution in [3.8, 4) is 0 Å². The van der Waals surface area contributed by atoms with E-state index >= 15 is 0 Å². The van der Waals surface area contributed by atoms with E-state index < -0.39 is 17.2 Å². The van der Waals surface area contributed by atoms with Crippen LogP contribution in [0.1, 0.15) is 53.2 Å². The maximum absolute atomic E-state index is 12.0. The highest BCUT2D eigenvalue weighted by atomic mass is 16.6. The van der Waals surface area contributed by atoms with Crippen LogP contribution >= 0.6 is 0 Å². The molecule has 29 heavy (non-hydrogen) atoms. The molecule has 0 saturated carbocycles. The number of guanidine groups is 1. The second-order valence-electron chi connectivity index (χ2n) is 8.73. The molecule has 8 heteroatoms. The second kappa shape index (κ2) is 10.9. The van der Waals surface area contributed by atoms with E-state index in [0.29, 0.717) is 19.0 Å². The molecule has 1 aromatic heterocycles. The van der Waals surface area contributed by atoms with Crippen molar-refractivity contribution in [1.82, 2.24) is 20.5 Å². The Morgan fingerprint density at radius 3 is 2.41 bits per heavy atom. The van der Waals surface area contributed by atoms with E-state index in [9.17, 15) is 9.59 Å². The second-order valence-corrected chi connectivity index (χ2v) is 8.73. The zero-order valence-electron chi connectivity index (χ0n) is 18.9. The molecule has 0 unspecified atom stereocenters. The fourth-order valence-electron chi connectivity index (χ4n) is 2.66. The summed E-state index contributed by atoms with van der Waals surface area (Å²) in [5, 5.41) is 9.33. The van der Waals surface area contributed by atoms with Crippen molar-refractivity contribution >= 4 is 12.1 Å². The molecule has 0 saturated heterocycles. The van der Waals surface area contributed by atoms with Crippen LogP contribution in [0, 0.1) is 6.92 Å². The number of hydrogen-bond acceptors (Lipinski definition) is 4. The van der Waals surface area contributed by atoms with Crippen LogP contribution in [0.15, 0.2) is 28.0 Å². The predicted molar refractivity (Wildman–Crippen MR) is 117 cm³/mol. The third kappa shape index (κ3) is 10.0. The van der Waals surface area contributed by atoms with Crippen LogP contribution in [0.25, 0.3) is 0 Å². The topological polar surface area (TPSA) is 96.8 Å². The molecular formula is C21H37N5O3. The van der Waals surface area contributed by atoms with Gasteiger partial charge in [0.2, 0.25) is 0 Å². The zero-order valence-corrected chi connectivity index (χ0v) is 18.9. The molecule has 0 aliphatic rings. The van der Waals surface area contributed by atoms with Gasteiger partial charge in [-0.3, -0.25) is 9.79 Å². The molecule has 0 spiro atoms. The van der Waals surface area contributed by atoms with Gasteiger partial charge in [-0.15, -0.1) is 0 Å². The summed E-state index contributed by atoms with van der Waals surface area (Å²) in [5.41, 5.74) is -0.0292.